The zero-order valence-electron chi connectivity index (χ0n) is 35.4. The van der Waals surface area contributed by atoms with Gasteiger partial charge in [-0.3, -0.25) is 24.0 Å². The number of hydrogen-bond acceptors (Lipinski definition) is 14. The minimum absolute atomic E-state index is 0.112. The van der Waals surface area contributed by atoms with Crippen molar-refractivity contribution in [1.82, 2.24) is 29.3 Å². The highest BCUT2D eigenvalue weighted by atomic mass is 16.6. The molecule has 0 saturated carbocycles. The molecule has 2 aliphatic rings. The van der Waals surface area contributed by atoms with E-state index in [-0.39, 0.29) is 48.2 Å². The summed E-state index contributed by atoms with van der Waals surface area (Å²) in [5.41, 5.74) is -0.927. The lowest BCUT2D eigenvalue weighted by molar-refractivity contribution is -0.00148. The maximum atomic E-state index is 13.2. The van der Waals surface area contributed by atoms with Gasteiger partial charge in [0, 0.05) is 20.1 Å². The van der Waals surface area contributed by atoms with E-state index in [0.29, 0.717) is 51.2 Å². The third-order valence-corrected chi connectivity index (χ3v) is 9.22. The van der Waals surface area contributed by atoms with Crippen molar-refractivity contribution in [2.45, 2.75) is 78.0 Å². The fourth-order valence-corrected chi connectivity index (χ4v) is 6.12. The minimum Gasteiger partial charge on any atom is -0.481 e. The number of carbonyl (C=O) groups is 2. The number of hydrogen-bond donors (Lipinski definition) is 1. The number of H-pyrrole nitrogens is 1. The first-order valence-corrected chi connectivity index (χ1v) is 19.5. The largest absolute Gasteiger partial charge is 0.481 e. The van der Waals surface area contributed by atoms with Crippen LogP contribution in [0.2, 0.25) is 0 Å². The number of aromatic amines is 1. The average Bonchev–Trinajstić information content (AvgIpc) is 3.18. The first-order valence-electron chi connectivity index (χ1n) is 19.5. The molecule has 16 heteroatoms. The van der Waals surface area contributed by atoms with E-state index in [9.17, 15) is 19.2 Å². The molecule has 1 N–H and O–H groups in total. The summed E-state index contributed by atoms with van der Waals surface area (Å²) < 4.78 is 35.0. The van der Waals surface area contributed by atoms with Crippen LogP contribution < -0.4 is 20.6 Å². The van der Waals surface area contributed by atoms with E-state index in [1.165, 1.54) is 4.57 Å². The third kappa shape index (κ3) is 12.3. The zero-order chi connectivity index (χ0) is 42.9. The van der Waals surface area contributed by atoms with Crippen LogP contribution in [-0.4, -0.2) is 106 Å². The van der Waals surface area contributed by atoms with E-state index in [1.54, 1.807) is 48.6 Å². The van der Waals surface area contributed by atoms with Crippen LogP contribution in [0, 0.1) is 0 Å². The number of aromatic nitrogens is 4. The molecular formula is C43H56N6O10. The van der Waals surface area contributed by atoms with Crippen LogP contribution >= 0.6 is 0 Å². The highest BCUT2D eigenvalue weighted by Gasteiger charge is 2.33. The number of benzene rings is 2. The molecular weight excluding hydrogens is 761 g/mol. The van der Waals surface area contributed by atoms with Crippen LogP contribution in [0.5, 0.6) is 11.5 Å². The Labute approximate surface area is 344 Å². The number of nitrogens with one attached hydrogen (secondary N) is 1. The van der Waals surface area contributed by atoms with Gasteiger partial charge >= 0.3 is 11.9 Å². The van der Waals surface area contributed by atoms with Gasteiger partial charge in [0.2, 0.25) is 11.5 Å². The predicted octanol–water partition coefficient (Wildman–Crippen LogP) is 4.63. The SMILES string of the molecule is CN1CCOCC1c1nc(C(=O)OC(C)(C)C)c(OCc2ccccc2)c(=O)[nH]1.CN1CCOCC1c1nc(C(=O)OC(C)(C)C)c(OCc2ccccc2)c(=O)n1C. The summed E-state index contributed by atoms with van der Waals surface area (Å²) in [5.74, 6) is -0.860. The topological polar surface area (TPSA) is 177 Å². The molecule has 0 spiro atoms. The van der Waals surface area contributed by atoms with Crippen LogP contribution in [0.15, 0.2) is 70.3 Å². The summed E-state index contributed by atoms with van der Waals surface area (Å²) in [6.45, 7) is 14.2. The van der Waals surface area contributed by atoms with Crippen LogP contribution in [0.4, 0.5) is 0 Å². The van der Waals surface area contributed by atoms with E-state index < -0.39 is 34.3 Å². The smallest absolute Gasteiger partial charge is 0.361 e. The van der Waals surface area contributed by atoms with Gasteiger partial charge in [0.15, 0.2) is 11.4 Å². The molecule has 318 valence electrons. The molecule has 4 aromatic rings. The molecule has 0 amide bonds. The standard InChI is InChI=1S/C22H29N3O5.C21H27N3O5/c1-22(2,3)30-21(27)17-18(29-13-15-9-7-6-8-10-15)20(26)25(5)19(23-17)16-14-28-12-11-24(16)4;1-21(2,3)29-20(26)16-17(28-12-14-8-6-5-7-9-14)19(25)23-18(22-16)15-13-27-11-10-24(15)4/h6-10,16H,11-14H2,1-5H3;5-9,15H,10-13H2,1-4H3,(H,22,23,25). The van der Waals surface area contributed by atoms with E-state index >= 15 is 0 Å². The fraction of sp³-hybridized carbons (Fsp3) is 0.488. The summed E-state index contributed by atoms with van der Waals surface area (Å²) >= 11 is 0. The molecule has 0 aliphatic carbocycles. The minimum atomic E-state index is -0.735. The summed E-state index contributed by atoms with van der Waals surface area (Å²) in [4.78, 5) is 67.5. The van der Waals surface area contributed by atoms with Crippen LogP contribution in [0.25, 0.3) is 0 Å². The Morgan fingerprint density at radius 3 is 1.63 bits per heavy atom. The quantitative estimate of drug-likeness (QED) is 0.219. The van der Waals surface area contributed by atoms with Crippen molar-refractivity contribution in [3.05, 3.63) is 116 Å². The Hall–Kier alpha value is -5.42. The van der Waals surface area contributed by atoms with Crippen LogP contribution in [0.3, 0.4) is 0 Å². The number of ether oxygens (including phenoxy) is 6. The fourth-order valence-electron chi connectivity index (χ4n) is 6.12. The third-order valence-electron chi connectivity index (χ3n) is 9.22. The Morgan fingerprint density at radius 2 is 1.15 bits per heavy atom. The Morgan fingerprint density at radius 1 is 0.695 bits per heavy atom. The Kier molecular flexibility index (Phi) is 14.8. The highest BCUT2D eigenvalue weighted by molar-refractivity contribution is 5.91. The van der Waals surface area contributed by atoms with Gasteiger partial charge in [-0.2, -0.15) is 0 Å². The molecule has 2 atom stereocenters. The maximum absolute atomic E-state index is 13.2. The Bertz CT molecular complexity index is 2160. The van der Waals surface area contributed by atoms with Gasteiger partial charge in [0.1, 0.15) is 36.1 Å². The lowest BCUT2D eigenvalue weighted by Gasteiger charge is -2.33. The first kappa shape index (κ1) is 44.7. The van der Waals surface area contributed by atoms with E-state index in [1.807, 2.05) is 79.7 Å². The monoisotopic (exact) mass is 816 g/mol. The van der Waals surface area contributed by atoms with Gasteiger partial charge < -0.3 is 33.4 Å². The van der Waals surface area contributed by atoms with Crippen molar-refractivity contribution in [3.8, 4) is 11.5 Å². The molecule has 2 fully saturated rings. The molecule has 59 heavy (non-hydrogen) atoms. The van der Waals surface area contributed by atoms with Crippen molar-refractivity contribution >= 4 is 11.9 Å². The molecule has 2 aromatic heterocycles. The molecule has 0 radical (unpaired) electrons. The predicted molar refractivity (Wildman–Crippen MR) is 219 cm³/mol. The maximum Gasteiger partial charge on any atom is 0.361 e. The summed E-state index contributed by atoms with van der Waals surface area (Å²) in [7, 11) is 5.48. The van der Waals surface area contributed by atoms with Crippen LogP contribution in [-0.2, 0) is 39.2 Å². The van der Waals surface area contributed by atoms with Crippen molar-refractivity contribution in [3.63, 3.8) is 0 Å². The lowest BCUT2D eigenvalue weighted by atomic mass is 10.2. The first-order chi connectivity index (χ1) is 27.9. The van der Waals surface area contributed by atoms with Crippen molar-refractivity contribution in [2.75, 3.05) is 53.6 Å². The number of morpholine rings is 2. The molecule has 2 unspecified atom stereocenters. The normalized spacial score (nSPS) is 17.6. The number of nitrogens with zero attached hydrogens (tertiary/aromatic N) is 5. The van der Waals surface area contributed by atoms with Crippen LogP contribution in [0.1, 0.15) is 97.4 Å². The average molecular weight is 817 g/mol. The van der Waals surface area contributed by atoms with E-state index in [2.05, 4.69) is 19.9 Å². The summed E-state index contributed by atoms with van der Waals surface area (Å²) in [6.07, 6.45) is 0. The molecule has 2 aliphatic heterocycles. The summed E-state index contributed by atoms with van der Waals surface area (Å²) in [5, 5.41) is 0. The van der Waals surface area contributed by atoms with Gasteiger partial charge in [-0.1, -0.05) is 60.7 Å². The molecule has 16 nitrogen and oxygen atoms in total. The van der Waals surface area contributed by atoms with E-state index in [0.717, 1.165) is 11.1 Å². The Balaban J connectivity index is 0.000000224. The molecule has 2 aromatic carbocycles. The van der Waals surface area contributed by atoms with Gasteiger partial charge in [-0.05, 0) is 66.8 Å². The van der Waals surface area contributed by atoms with Crippen molar-refractivity contribution < 1.29 is 38.0 Å². The van der Waals surface area contributed by atoms with Crippen molar-refractivity contribution in [2.24, 2.45) is 7.05 Å². The molecule has 6 rings (SSSR count). The molecule has 2 saturated heterocycles. The van der Waals surface area contributed by atoms with Gasteiger partial charge in [0.05, 0.1) is 38.5 Å². The van der Waals surface area contributed by atoms with Crippen molar-refractivity contribution in [1.29, 1.82) is 0 Å². The summed E-state index contributed by atoms with van der Waals surface area (Å²) in [6, 6.07) is 18.3. The lowest BCUT2D eigenvalue weighted by Crippen LogP contribution is -2.41. The number of likely N-dealkylation sites (N-methyl/N-ethyl adjacent to an activating group) is 2. The number of carbonyl (C=O) groups excluding carboxylic acids is 2. The second-order valence-corrected chi connectivity index (χ2v) is 16.3. The van der Waals surface area contributed by atoms with Gasteiger partial charge in [-0.15, -0.1) is 0 Å². The van der Waals surface area contributed by atoms with E-state index in [4.69, 9.17) is 28.4 Å². The second-order valence-electron chi connectivity index (χ2n) is 16.3. The zero-order valence-corrected chi connectivity index (χ0v) is 35.4. The molecule has 0 bridgehead atoms. The molecule has 4 heterocycles. The van der Waals surface area contributed by atoms with Gasteiger partial charge in [-0.25, -0.2) is 19.6 Å². The second kappa shape index (κ2) is 19.6. The number of esters is 2. The van der Waals surface area contributed by atoms with Gasteiger partial charge in [0.25, 0.3) is 11.1 Å². The highest BCUT2D eigenvalue weighted by Crippen LogP contribution is 2.26. The number of rotatable bonds is 10.